The van der Waals surface area contributed by atoms with Crippen molar-refractivity contribution in [1.82, 2.24) is 5.01 Å². The van der Waals surface area contributed by atoms with Crippen LogP contribution >= 0.6 is 15.9 Å². The summed E-state index contributed by atoms with van der Waals surface area (Å²) in [5.41, 5.74) is 2.82. The molecule has 0 N–H and O–H groups in total. The summed E-state index contributed by atoms with van der Waals surface area (Å²) in [6.07, 6.45) is 2.49. The molecule has 1 fully saturated rings. The third kappa shape index (κ3) is 2.88. The molecule has 2 atom stereocenters. The van der Waals surface area contributed by atoms with Crippen molar-refractivity contribution in [2.75, 3.05) is 6.61 Å². The first kappa shape index (κ1) is 17.3. The zero-order valence-corrected chi connectivity index (χ0v) is 17.2. The zero-order valence-electron chi connectivity index (χ0n) is 15.6. The van der Waals surface area contributed by atoms with E-state index in [0.717, 1.165) is 35.2 Å². The molecule has 0 amide bonds. The summed E-state index contributed by atoms with van der Waals surface area (Å²) >= 11 is 3.62. The fourth-order valence-corrected chi connectivity index (χ4v) is 5.01. The quantitative estimate of drug-likeness (QED) is 0.621. The Hall–Kier alpha value is -1.85. The van der Waals surface area contributed by atoms with Crippen molar-refractivity contribution >= 4 is 21.6 Å². The molecular weight excluding hydrogens is 404 g/mol. The molecule has 2 unspecified atom stereocenters. The van der Waals surface area contributed by atoms with Gasteiger partial charge in [0.2, 0.25) is 5.72 Å². The maximum atomic E-state index is 6.67. The van der Waals surface area contributed by atoms with E-state index < -0.39 is 5.72 Å². The Balaban J connectivity index is 1.63. The topological polar surface area (TPSA) is 34.1 Å². The summed E-state index contributed by atoms with van der Waals surface area (Å²) in [6.45, 7) is 4.96. The number of nitrogens with zero attached hydrogens (tertiary/aromatic N) is 2. The lowest BCUT2D eigenvalue weighted by Crippen LogP contribution is -2.60. The van der Waals surface area contributed by atoms with Gasteiger partial charge < -0.3 is 9.47 Å². The number of fused-ring (bicyclic) bond motifs is 4. The van der Waals surface area contributed by atoms with Crippen molar-refractivity contribution < 1.29 is 9.47 Å². The van der Waals surface area contributed by atoms with Gasteiger partial charge in [-0.15, -0.1) is 0 Å². The lowest BCUT2D eigenvalue weighted by atomic mass is 9.86. The van der Waals surface area contributed by atoms with Crippen molar-refractivity contribution in [3.05, 3.63) is 64.1 Å². The van der Waals surface area contributed by atoms with Gasteiger partial charge in [0.15, 0.2) is 0 Å². The minimum atomic E-state index is -0.455. The van der Waals surface area contributed by atoms with E-state index in [-0.39, 0.29) is 11.6 Å². The Morgan fingerprint density at radius 2 is 1.96 bits per heavy atom. The molecule has 4 nitrogen and oxygen atoms in total. The van der Waals surface area contributed by atoms with Crippen LogP contribution in [0, 0.1) is 0 Å². The van der Waals surface area contributed by atoms with Crippen molar-refractivity contribution in [1.29, 1.82) is 0 Å². The van der Waals surface area contributed by atoms with Crippen LogP contribution < -0.4 is 4.74 Å². The first-order chi connectivity index (χ1) is 13.0. The van der Waals surface area contributed by atoms with Crippen LogP contribution in [0.2, 0.25) is 0 Å². The number of ether oxygens (including phenoxy) is 2. The van der Waals surface area contributed by atoms with Gasteiger partial charge in [0, 0.05) is 29.3 Å². The molecule has 3 aliphatic heterocycles. The molecule has 2 aromatic carbocycles. The van der Waals surface area contributed by atoms with E-state index in [1.807, 2.05) is 6.07 Å². The van der Waals surface area contributed by atoms with Crippen LogP contribution in [0.25, 0.3) is 0 Å². The third-order valence-corrected chi connectivity index (χ3v) is 6.25. The van der Waals surface area contributed by atoms with Gasteiger partial charge in [-0.2, -0.15) is 5.10 Å². The number of hydrogen-bond acceptors (Lipinski definition) is 4. The molecule has 3 heterocycles. The van der Waals surface area contributed by atoms with E-state index in [1.165, 1.54) is 11.1 Å². The summed E-state index contributed by atoms with van der Waals surface area (Å²) < 4.78 is 13.7. The molecule has 3 aliphatic rings. The molecule has 2 aromatic rings. The second-order valence-electron chi connectivity index (χ2n) is 8.24. The third-order valence-electron chi connectivity index (χ3n) is 5.75. The number of rotatable bonds is 1. The molecule has 5 heteroatoms. The van der Waals surface area contributed by atoms with Crippen LogP contribution in [0.4, 0.5) is 0 Å². The highest BCUT2D eigenvalue weighted by atomic mass is 79.9. The largest absolute Gasteiger partial charge is 0.466 e. The average molecular weight is 427 g/mol. The fourth-order valence-electron chi connectivity index (χ4n) is 4.63. The number of halogens is 1. The summed E-state index contributed by atoms with van der Waals surface area (Å²) in [6, 6.07) is 17.0. The monoisotopic (exact) mass is 426 g/mol. The molecule has 0 aliphatic carbocycles. The number of benzene rings is 2. The van der Waals surface area contributed by atoms with Gasteiger partial charge in [0.25, 0.3) is 0 Å². The van der Waals surface area contributed by atoms with E-state index in [4.69, 9.17) is 14.6 Å². The van der Waals surface area contributed by atoms with Crippen LogP contribution in [0.3, 0.4) is 0 Å². The van der Waals surface area contributed by atoms with E-state index in [9.17, 15) is 0 Å². The zero-order chi connectivity index (χ0) is 18.6. The highest BCUT2D eigenvalue weighted by Crippen LogP contribution is 2.52. The summed E-state index contributed by atoms with van der Waals surface area (Å²) in [4.78, 5) is 0. The number of hydrazone groups is 1. The van der Waals surface area contributed by atoms with Gasteiger partial charge in [-0.1, -0.05) is 46.3 Å². The molecule has 0 aromatic heterocycles. The Labute approximate surface area is 168 Å². The molecule has 0 saturated carbocycles. The van der Waals surface area contributed by atoms with E-state index >= 15 is 0 Å². The van der Waals surface area contributed by atoms with E-state index in [1.54, 1.807) is 0 Å². The van der Waals surface area contributed by atoms with Gasteiger partial charge in [-0.25, -0.2) is 5.01 Å². The van der Waals surface area contributed by atoms with Crippen molar-refractivity contribution in [2.24, 2.45) is 5.10 Å². The Kier molecular flexibility index (Phi) is 3.89. The number of hydrogen-bond donors (Lipinski definition) is 0. The SMILES string of the molecule is CC1(C)CC2(CCO1)Oc1ccc(Br)cc1C1CC(c3ccccc3)=NN12. The van der Waals surface area contributed by atoms with Gasteiger partial charge in [-0.05, 0) is 37.6 Å². The molecule has 0 radical (unpaired) electrons. The standard InChI is InChI=1S/C22H23BrN2O2/c1-21(2)14-22(10-11-26-21)25-19(17-12-16(23)8-9-20(17)27-22)13-18(24-25)15-6-4-3-5-7-15/h3-9,12,19H,10-11,13-14H2,1-2H3. The Morgan fingerprint density at radius 3 is 2.74 bits per heavy atom. The van der Waals surface area contributed by atoms with Crippen LogP contribution in [0.15, 0.2) is 58.1 Å². The minimum absolute atomic E-state index is 0.190. The molecule has 140 valence electrons. The molecule has 27 heavy (non-hydrogen) atoms. The van der Waals surface area contributed by atoms with Gasteiger partial charge in [0.1, 0.15) is 5.75 Å². The molecule has 1 saturated heterocycles. The summed E-state index contributed by atoms with van der Waals surface area (Å²) in [7, 11) is 0. The van der Waals surface area contributed by atoms with Crippen LogP contribution in [-0.2, 0) is 4.74 Å². The van der Waals surface area contributed by atoms with E-state index in [2.05, 4.69) is 77.3 Å². The van der Waals surface area contributed by atoms with Crippen LogP contribution in [-0.4, -0.2) is 28.7 Å². The highest BCUT2D eigenvalue weighted by molar-refractivity contribution is 9.10. The summed E-state index contributed by atoms with van der Waals surface area (Å²) in [5, 5.41) is 7.34. The second kappa shape index (κ2) is 6.08. The van der Waals surface area contributed by atoms with Crippen molar-refractivity contribution in [2.45, 2.75) is 50.5 Å². The lowest BCUT2D eigenvalue weighted by molar-refractivity contribution is -0.212. The van der Waals surface area contributed by atoms with E-state index in [0.29, 0.717) is 6.61 Å². The van der Waals surface area contributed by atoms with Gasteiger partial charge in [-0.3, -0.25) is 0 Å². The first-order valence-electron chi connectivity index (χ1n) is 9.51. The predicted octanol–water partition coefficient (Wildman–Crippen LogP) is 5.28. The Bertz CT molecular complexity index is 912. The fraction of sp³-hybridized carbons (Fsp3) is 0.409. The van der Waals surface area contributed by atoms with Crippen LogP contribution in [0.5, 0.6) is 5.75 Å². The van der Waals surface area contributed by atoms with Crippen molar-refractivity contribution in [3.8, 4) is 5.75 Å². The predicted molar refractivity (Wildman–Crippen MR) is 109 cm³/mol. The van der Waals surface area contributed by atoms with Gasteiger partial charge in [0.05, 0.1) is 24.0 Å². The maximum absolute atomic E-state index is 6.67. The second-order valence-corrected chi connectivity index (χ2v) is 9.16. The minimum Gasteiger partial charge on any atom is -0.466 e. The molecule has 1 spiro atoms. The molecular formula is C22H23BrN2O2. The average Bonchev–Trinajstić information content (AvgIpc) is 3.09. The molecule has 0 bridgehead atoms. The molecule has 5 rings (SSSR count). The van der Waals surface area contributed by atoms with Crippen LogP contribution in [0.1, 0.15) is 50.3 Å². The normalized spacial score (nSPS) is 28.3. The lowest BCUT2D eigenvalue weighted by Gasteiger charge is -2.52. The highest BCUT2D eigenvalue weighted by Gasteiger charge is 2.54. The summed E-state index contributed by atoms with van der Waals surface area (Å²) in [5.74, 6) is 0.974. The maximum Gasteiger partial charge on any atom is 0.203 e. The van der Waals surface area contributed by atoms with Gasteiger partial charge >= 0.3 is 0 Å². The Morgan fingerprint density at radius 1 is 1.15 bits per heavy atom. The van der Waals surface area contributed by atoms with Crippen molar-refractivity contribution in [3.63, 3.8) is 0 Å². The first-order valence-corrected chi connectivity index (χ1v) is 10.3. The smallest absolute Gasteiger partial charge is 0.203 e.